The lowest BCUT2D eigenvalue weighted by atomic mass is 9.92. The molecule has 0 aliphatic carbocycles. The molecule has 2 saturated heterocycles. The van der Waals surface area contributed by atoms with Crippen molar-refractivity contribution in [1.82, 2.24) is 10.2 Å². The highest BCUT2D eigenvalue weighted by Gasteiger charge is 2.47. The Kier molecular flexibility index (Phi) is 4.52. The van der Waals surface area contributed by atoms with Crippen LogP contribution in [0, 0.1) is 0 Å². The third kappa shape index (κ3) is 4.13. The van der Waals surface area contributed by atoms with E-state index < -0.39 is 30.3 Å². The molecule has 0 saturated carbocycles. The van der Waals surface area contributed by atoms with Gasteiger partial charge in [0.05, 0.1) is 17.2 Å². The van der Waals surface area contributed by atoms with E-state index in [1.54, 1.807) is 0 Å². The Morgan fingerprint density at radius 3 is 2.45 bits per heavy atom. The standard InChI is InChI=1S/C15H25F3N2O2/c1-13(2)8-11(14(3,4)22-13)19-10-6-5-7-20(12(10)21)9-15(16,17)18/h10-11,19H,5-9H2,1-4H3/t10-,11-/m1/s1. The molecule has 0 aromatic carbocycles. The van der Waals surface area contributed by atoms with Crippen molar-refractivity contribution >= 4 is 5.91 Å². The summed E-state index contributed by atoms with van der Waals surface area (Å²) in [5.41, 5.74) is -0.749. The number of hydrogen-bond donors (Lipinski definition) is 1. The molecular weight excluding hydrogens is 297 g/mol. The molecule has 0 aromatic rings. The van der Waals surface area contributed by atoms with Crippen molar-refractivity contribution < 1.29 is 22.7 Å². The molecule has 2 atom stereocenters. The number of rotatable bonds is 3. The predicted molar refractivity (Wildman–Crippen MR) is 76.4 cm³/mol. The van der Waals surface area contributed by atoms with Crippen LogP contribution in [-0.2, 0) is 9.53 Å². The van der Waals surface area contributed by atoms with Crippen LogP contribution >= 0.6 is 0 Å². The first-order chi connectivity index (χ1) is 9.90. The van der Waals surface area contributed by atoms with E-state index in [0.29, 0.717) is 12.8 Å². The Labute approximate surface area is 129 Å². The van der Waals surface area contributed by atoms with Crippen molar-refractivity contribution in [1.29, 1.82) is 0 Å². The third-order valence-corrected chi connectivity index (χ3v) is 4.38. The smallest absolute Gasteiger partial charge is 0.368 e. The number of nitrogens with zero attached hydrogens (tertiary/aromatic N) is 1. The zero-order valence-electron chi connectivity index (χ0n) is 13.6. The van der Waals surface area contributed by atoms with Crippen molar-refractivity contribution in [2.75, 3.05) is 13.1 Å². The normalized spacial score (nSPS) is 31.6. The maximum Gasteiger partial charge on any atom is 0.406 e. The maximum atomic E-state index is 12.5. The number of carbonyl (C=O) groups is 1. The first-order valence-electron chi connectivity index (χ1n) is 7.71. The number of amides is 1. The second kappa shape index (κ2) is 5.67. The number of piperidine rings is 1. The Bertz CT molecular complexity index is 435. The van der Waals surface area contributed by atoms with Crippen LogP contribution in [0.5, 0.6) is 0 Å². The number of likely N-dealkylation sites (tertiary alicyclic amines) is 1. The topological polar surface area (TPSA) is 41.6 Å². The first kappa shape index (κ1) is 17.5. The maximum absolute atomic E-state index is 12.5. The summed E-state index contributed by atoms with van der Waals surface area (Å²) in [5.74, 6) is -0.455. The van der Waals surface area contributed by atoms with Crippen LogP contribution in [-0.4, -0.2) is 53.4 Å². The molecule has 0 bridgehead atoms. The van der Waals surface area contributed by atoms with Gasteiger partial charge in [0.1, 0.15) is 6.54 Å². The van der Waals surface area contributed by atoms with E-state index in [1.807, 2.05) is 27.7 Å². The van der Waals surface area contributed by atoms with Crippen molar-refractivity contribution in [2.24, 2.45) is 0 Å². The minimum Gasteiger partial charge on any atom is -0.368 e. The van der Waals surface area contributed by atoms with E-state index in [9.17, 15) is 18.0 Å². The van der Waals surface area contributed by atoms with E-state index >= 15 is 0 Å². The zero-order valence-corrected chi connectivity index (χ0v) is 13.6. The number of alkyl halides is 3. The van der Waals surface area contributed by atoms with Crippen LogP contribution in [0.3, 0.4) is 0 Å². The van der Waals surface area contributed by atoms with Gasteiger partial charge in [0.25, 0.3) is 0 Å². The van der Waals surface area contributed by atoms with Gasteiger partial charge in [-0.05, 0) is 47.0 Å². The molecular formula is C15H25F3N2O2. The summed E-state index contributed by atoms with van der Waals surface area (Å²) in [6.07, 6.45) is -2.48. The van der Waals surface area contributed by atoms with Crippen LogP contribution in [0.2, 0.25) is 0 Å². The lowest BCUT2D eigenvalue weighted by molar-refractivity contribution is -0.165. The van der Waals surface area contributed by atoms with E-state index in [2.05, 4.69) is 5.32 Å². The molecule has 128 valence electrons. The number of ether oxygens (including phenoxy) is 1. The zero-order chi connectivity index (χ0) is 16.8. The molecule has 2 aliphatic rings. The summed E-state index contributed by atoms with van der Waals surface area (Å²) >= 11 is 0. The van der Waals surface area contributed by atoms with E-state index in [-0.39, 0.29) is 18.2 Å². The average molecular weight is 322 g/mol. The molecule has 0 unspecified atom stereocenters. The molecule has 22 heavy (non-hydrogen) atoms. The van der Waals surface area contributed by atoms with Crippen LogP contribution < -0.4 is 5.32 Å². The quantitative estimate of drug-likeness (QED) is 0.868. The summed E-state index contributed by atoms with van der Waals surface area (Å²) in [6.45, 7) is 6.86. The molecule has 7 heteroatoms. The Morgan fingerprint density at radius 2 is 1.95 bits per heavy atom. The second-order valence-corrected chi connectivity index (χ2v) is 7.46. The first-order valence-corrected chi connectivity index (χ1v) is 7.71. The van der Waals surface area contributed by atoms with Crippen LogP contribution in [0.4, 0.5) is 13.2 Å². The van der Waals surface area contributed by atoms with Crippen molar-refractivity contribution in [2.45, 2.75) is 76.4 Å². The van der Waals surface area contributed by atoms with E-state index in [0.717, 1.165) is 11.3 Å². The Balaban J connectivity index is 2.02. The average Bonchev–Trinajstić information content (AvgIpc) is 2.50. The summed E-state index contributed by atoms with van der Waals surface area (Å²) < 4.78 is 43.6. The second-order valence-electron chi connectivity index (χ2n) is 7.46. The fourth-order valence-corrected chi connectivity index (χ4v) is 3.53. The van der Waals surface area contributed by atoms with Gasteiger partial charge in [0.15, 0.2) is 0 Å². The Morgan fingerprint density at radius 1 is 1.32 bits per heavy atom. The number of hydrogen-bond acceptors (Lipinski definition) is 3. The minimum absolute atomic E-state index is 0.0534. The van der Waals surface area contributed by atoms with Gasteiger partial charge in [-0.1, -0.05) is 0 Å². The van der Waals surface area contributed by atoms with Crippen LogP contribution in [0.25, 0.3) is 0 Å². The summed E-state index contributed by atoms with van der Waals surface area (Å²) in [4.78, 5) is 13.2. The molecule has 2 heterocycles. The Hall–Kier alpha value is -0.820. The molecule has 2 rings (SSSR count). The number of nitrogens with one attached hydrogen (secondary N) is 1. The lowest BCUT2D eigenvalue weighted by Crippen LogP contribution is -2.57. The molecule has 1 N–H and O–H groups in total. The molecule has 4 nitrogen and oxygen atoms in total. The highest BCUT2D eigenvalue weighted by atomic mass is 19.4. The molecule has 0 aromatic heterocycles. The monoisotopic (exact) mass is 322 g/mol. The van der Waals surface area contributed by atoms with Gasteiger partial charge in [0.2, 0.25) is 5.91 Å². The largest absolute Gasteiger partial charge is 0.406 e. The summed E-state index contributed by atoms with van der Waals surface area (Å²) in [5, 5.41) is 3.25. The molecule has 1 amide bonds. The SMILES string of the molecule is CC1(C)C[C@@H](N[C@@H]2CCCN(CC(F)(F)F)C2=O)C(C)(C)O1. The fourth-order valence-electron chi connectivity index (χ4n) is 3.53. The van der Waals surface area contributed by atoms with Gasteiger partial charge in [-0.15, -0.1) is 0 Å². The van der Waals surface area contributed by atoms with Gasteiger partial charge >= 0.3 is 6.18 Å². The molecule has 2 fully saturated rings. The lowest BCUT2D eigenvalue weighted by Gasteiger charge is -2.36. The van der Waals surface area contributed by atoms with Gasteiger partial charge in [-0.3, -0.25) is 4.79 Å². The number of halogens is 3. The van der Waals surface area contributed by atoms with E-state index in [4.69, 9.17) is 4.74 Å². The van der Waals surface area contributed by atoms with Crippen molar-refractivity contribution in [3.05, 3.63) is 0 Å². The highest BCUT2D eigenvalue weighted by Crippen LogP contribution is 2.37. The highest BCUT2D eigenvalue weighted by molar-refractivity contribution is 5.82. The number of carbonyl (C=O) groups excluding carboxylic acids is 1. The fraction of sp³-hybridized carbons (Fsp3) is 0.933. The third-order valence-electron chi connectivity index (χ3n) is 4.38. The summed E-state index contributed by atoms with van der Waals surface area (Å²) in [6, 6.07) is -0.611. The molecule has 0 spiro atoms. The van der Waals surface area contributed by atoms with Gasteiger partial charge in [-0.25, -0.2) is 0 Å². The van der Waals surface area contributed by atoms with Gasteiger partial charge < -0.3 is 15.0 Å². The summed E-state index contributed by atoms with van der Waals surface area (Å²) in [7, 11) is 0. The van der Waals surface area contributed by atoms with Crippen molar-refractivity contribution in [3.8, 4) is 0 Å². The minimum atomic E-state index is -4.35. The van der Waals surface area contributed by atoms with Gasteiger partial charge in [0, 0.05) is 12.6 Å². The van der Waals surface area contributed by atoms with Gasteiger partial charge in [-0.2, -0.15) is 13.2 Å². The van der Waals surface area contributed by atoms with Crippen LogP contribution in [0.15, 0.2) is 0 Å². The van der Waals surface area contributed by atoms with Crippen molar-refractivity contribution in [3.63, 3.8) is 0 Å². The van der Waals surface area contributed by atoms with E-state index in [1.165, 1.54) is 0 Å². The van der Waals surface area contributed by atoms with Crippen LogP contribution in [0.1, 0.15) is 47.0 Å². The molecule has 0 radical (unpaired) electrons. The molecule has 2 aliphatic heterocycles. The predicted octanol–water partition coefficient (Wildman–Crippen LogP) is 2.48.